The van der Waals surface area contributed by atoms with Crippen molar-refractivity contribution in [3.63, 3.8) is 0 Å². The topological polar surface area (TPSA) is 66.1 Å². The number of benzene rings is 1. The summed E-state index contributed by atoms with van der Waals surface area (Å²) < 4.78 is 10.5. The van der Waals surface area contributed by atoms with Crippen LogP contribution in [-0.4, -0.2) is 39.0 Å². The van der Waals surface area contributed by atoms with Gasteiger partial charge < -0.3 is 9.30 Å². The Morgan fingerprint density at radius 1 is 1.23 bits per heavy atom. The lowest BCUT2D eigenvalue weighted by Gasteiger charge is -2.08. The molecule has 0 aliphatic heterocycles. The molecule has 0 N–H and O–H groups in total. The molecule has 2 aromatic heterocycles. The van der Waals surface area contributed by atoms with E-state index in [0.717, 1.165) is 34.4 Å². The Kier molecular flexibility index (Phi) is 7.27. The van der Waals surface area contributed by atoms with E-state index in [1.54, 1.807) is 28.9 Å². The van der Waals surface area contributed by atoms with Crippen LogP contribution in [0.5, 0.6) is 0 Å². The number of ether oxygens (including phenoxy) is 1. The number of esters is 1. The molecule has 0 saturated heterocycles. The molecule has 3 rings (SSSR count). The molecule has 0 aliphatic carbocycles. The molecule has 9 heteroatoms. The van der Waals surface area contributed by atoms with Crippen molar-refractivity contribution in [2.24, 2.45) is 0 Å². The number of Topliss-reactive ketones (excluding diaryl/α,β-unsaturated/α-hetero) is 1. The van der Waals surface area contributed by atoms with E-state index in [1.165, 1.54) is 23.1 Å². The Morgan fingerprint density at radius 2 is 1.93 bits per heavy atom. The zero-order valence-electron chi connectivity index (χ0n) is 17.3. The van der Waals surface area contributed by atoms with Crippen molar-refractivity contribution < 1.29 is 14.3 Å². The van der Waals surface area contributed by atoms with Gasteiger partial charge >= 0.3 is 5.97 Å². The number of carbonyl (C=O) groups excluding carboxylic acids is 2. The highest BCUT2D eigenvalue weighted by molar-refractivity contribution is 8.00. The van der Waals surface area contributed by atoms with E-state index in [0.29, 0.717) is 15.1 Å². The van der Waals surface area contributed by atoms with Gasteiger partial charge in [-0.25, -0.2) is 9.48 Å². The zero-order valence-corrected chi connectivity index (χ0v) is 19.7. The second kappa shape index (κ2) is 9.72. The van der Waals surface area contributed by atoms with Gasteiger partial charge in [0.1, 0.15) is 0 Å². The second-order valence-corrected chi connectivity index (χ2v) is 9.41. The van der Waals surface area contributed by atoms with Gasteiger partial charge in [0.2, 0.25) is 5.78 Å². The summed E-state index contributed by atoms with van der Waals surface area (Å²) in [5.41, 5.74) is 3.68. The number of ketones is 1. The van der Waals surface area contributed by atoms with Gasteiger partial charge in [0, 0.05) is 23.5 Å². The van der Waals surface area contributed by atoms with Crippen LogP contribution in [0.4, 0.5) is 0 Å². The lowest BCUT2D eigenvalue weighted by molar-refractivity contribution is 0.0474. The second-order valence-electron chi connectivity index (χ2n) is 6.73. The molecule has 158 valence electrons. The Labute approximate surface area is 188 Å². The fourth-order valence-corrected chi connectivity index (χ4v) is 4.97. The summed E-state index contributed by atoms with van der Waals surface area (Å²) in [6, 6.07) is 8.67. The highest BCUT2D eigenvalue weighted by Gasteiger charge is 2.18. The molecule has 0 fully saturated rings. The summed E-state index contributed by atoms with van der Waals surface area (Å²) in [5.74, 6) is -0.738. The lowest BCUT2D eigenvalue weighted by Crippen LogP contribution is -2.15. The normalized spacial score (nSPS) is 10.9. The SMILES string of the molecule is CCCn1c(C)cc(C(=O)COC(=O)c2ccc(-n3nc(SC)sc3=S)cc2)c1C. The van der Waals surface area contributed by atoms with Crippen LogP contribution in [0.25, 0.3) is 5.69 Å². The molecule has 2 heterocycles. The van der Waals surface area contributed by atoms with Gasteiger partial charge in [-0.05, 0) is 69.1 Å². The number of aromatic nitrogens is 3. The van der Waals surface area contributed by atoms with E-state index in [2.05, 4.69) is 16.6 Å². The molecule has 3 aromatic rings. The largest absolute Gasteiger partial charge is 0.454 e. The van der Waals surface area contributed by atoms with E-state index in [9.17, 15) is 9.59 Å². The first-order valence-corrected chi connectivity index (χ1v) is 11.9. The molecule has 1 aromatic carbocycles. The minimum atomic E-state index is -0.538. The smallest absolute Gasteiger partial charge is 0.338 e. The van der Waals surface area contributed by atoms with Crippen LogP contribution in [0, 0.1) is 17.8 Å². The average molecular weight is 462 g/mol. The molecular weight excluding hydrogens is 438 g/mol. The summed E-state index contributed by atoms with van der Waals surface area (Å²) in [4.78, 5) is 24.9. The molecule has 0 radical (unpaired) electrons. The highest BCUT2D eigenvalue weighted by Crippen LogP contribution is 2.22. The first-order chi connectivity index (χ1) is 14.3. The van der Waals surface area contributed by atoms with Gasteiger partial charge in [-0.3, -0.25) is 4.79 Å². The van der Waals surface area contributed by atoms with Crippen molar-refractivity contribution in [3.8, 4) is 5.69 Å². The summed E-state index contributed by atoms with van der Waals surface area (Å²) in [6.45, 7) is 6.56. The van der Waals surface area contributed by atoms with E-state index in [-0.39, 0.29) is 12.4 Å². The predicted octanol–water partition coefficient (Wildman–Crippen LogP) is 5.25. The fourth-order valence-electron chi connectivity index (χ4n) is 3.19. The number of hydrogen-bond acceptors (Lipinski definition) is 7. The van der Waals surface area contributed by atoms with E-state index < -0.39 is 5.97 Å². The van der Waals surface area contributed by atoms with E-state index in [4.69, 9.17) is 17.0 Å². The maximum Gasteiger partial charge on any atom is 0.338 e. The van der Waals surface area contributed by atoms with Gasteiger partial charge in [-0.2, -0.15) is 0 Å². The van der Waals surface area contributed by atoms with Crippen LogP contribution in [0.3, 0.4) is 0 Å². The maximum absolute atomic E-state index is 12.6. The minimum Gasteiger partial charge on any atom is -0.454 e. The molecule has 0 spiro atoms. The quantitative estimate of drug-likeness (QED) is 0.197. The Balaban J connectivity index is 1.66. The highest BCUT2D eigenvalue weighted by atomic mass is 32.2. The molecular formula is C21H23N3O3S3. The molecule has 0 aliphatic rings. The van der Waals surface area contributed by atoms with Gasteiger partial charge in [-0.1, -0.05) is 30.0 Å². The Morgan fingerprint density at radius 3 is 2.53 bits per heavy atom. The molecule has 0 saturated carbocycles. The van der Waals surface area contributed by atoms with E-state index in [1.807, 2.05) is 26.2 Å². The molecule has 0 bridgehead atoms. The van der Waals surface area contributed by atoms with Crippen molar-refractivity contribution in [2.45, 2.75) is 38.1 Å². The van der Waals surface area contributed by atoms with Crippen molar-refractivity contribution in [3.05, 3.63) is 56.8 Å². The van der Waals surface area contributed by atoms with Gasteiger partial charge in [0.15, 0.2) is 14.9 Å². The van der Waals surface area contributed by atoms with Gasteiger partial charge in [-0.15, -0.1) is 5.10 Å². The maximum atomic E-state index is 12.6. The number of rotatable bonds is 8. The third kappa shape index (κ3) is 4.74. The Bertz CT molecular complexity index is 1130. The van der Waals surface area contributed by atoms with Crippen LogP contribution in [-0.2, 0) is 11.3 Å². The number of thioether (sulfide) groups is 1. The number of carbonyl (C=O) groups is 2. The third-order valence-electron chi connectivity index (χ3n) is 4.71. The van der Waals surface area contributed by atoms with Crippen LogP contribution in [0.15, 0.2) is 34.7 Å². The Hall–Kier alpha value is -2.23. The summed E-state index contributed by atoms with van der Waals surface area (Å²) >= 11 is 8.30. The summed E-state index contributed by atoms with van der Waals surface area (Å²) in [6.07, 6.45) is 2.93. The van der Waals surface area contributed by atoms with Crippen molar-refractivity contribution in [1.29, 1.82) is 0 Å². The van der Waals surface area contributed by atoms with Crippen molar-refractivity contribution in [1.82, 2.24) is 14.3 Å². The molecule has 30 heavy (non-hydrogen) atoms. The minimum absolute atomic E-state index is 0.200. The first-order valence-electron chi connectivity index (χ1n) is 9.47. The summed E-state index contributed by atoms with van der Waals surface area (Å²) in [7, 11) is 0. The first kappa shape index (κ1) is 22.5. The van der Waals surface area contributed by atoms with Crippen LogP contribution >= 0.6 is 35.3 Å². The van der Waals surface area contributed by atoms with Crippen LogP contribution in [0.1, 0.15) is 45.4 Å². The standard InChI is InChI=1S/C21H23N3O3S3/c1-5-10-23-13(2)11-17(14(23)3)18(25)12-27-19(26)15-6-8-16(9-7-15)24-21(28)30-20(22-24)29-4/h6-9,11H,5,10,12H2,1-4H3. The lowest BCUT2D eigenvalue weighted by atomic mass is 10.1. The van der Waals surface area contributed by atoms with Crippen LogP contribution in [0.2, 0.25) is 0 Å². The van der Waals surface area contributed by atoms with Crippen molar-refractivity contribution >= 4 is 47.1 Å². The molecule has 0 atom stereocenters. The van der Waals surface area contributed by atoms with Gasteiger partial charge in [0.05, 0.1) is 11.3 Å². The molecule has 6 nitrogen and oxygen atoms in total. The average Bonchev–Trinajstić information content (AvgIpc) is 3.26. The number of nitrogens with zero attached hydrogens (tertiary/aromatic N) is 3. The van der Waals surface area contributed by atoms with Crippen molar-refractivity contribution in [2.75, 3.05) is 12.9 Å². The van der Waals surface area contributed by atoms with Gasteiger partial charge in [0.25, 0.3) is 0 Å². The number of aryl methyl sites for hydroxylation is 1. The fraction of sp³-hybridized carbons (Fsp3) is 0.333. The van der Waals surface area contributed by atoms with E-state index >= 15 is 0 Å². The molecule has 0 amide bonds. The monoisotopic (exact) mass is 461 g/mol. The third-order valence-corrected chi connectivity index (χ3v) is 6.91. The van der Waals surface area contributed by atoms with Crippen LogP contribution < -0.4 is 0 Å². The zero-order chi connectivity index (χ0) is 21.8. The summed E-state index contributed by atoms with van der Waals surface area (Å²) in [5, 5.41) is 4.43. The predicted molar refractivity (Wildman–Crippen MR) is 123 cm³/mol. The molecule has 0 unspecified atom stereocenters. The number of hydrogen-bond donors (Lipinski definition) is 0.